The quantitative estimate of drug-likeness (QED) is 0.0389. The molecule has 9 nitrogen and oxygen atoms in total. The minimum atomic E-state index is -0.875. The van der Waals surface area contributed by atoms with Crippen LogP contribution in [-0.4, -0.2) is 29.0 Å². The highest BCUT2D eigenvalue weighted by Gasteiger charge is 2.38. The fourth-order valence-corrected chi connectivity index (χ4v) is 13.5. The van der Waals surface area contributed by atoms with E-state index in [0.29, 0.717) is 0 Å². The summed E-state index contributed by atoms with van der Waals surface area (Å²) in [6, 6.07) is 9.52. The molecule has 3 atom stereocenters. The highest BCUT2D eigenvalue weighted by atomic mass is 16.3. The van der Waals surface area contributed by atoms with Crippen molar-refractivity contribution in [3.63, 3.8) is 0 Å². The molecular formula is C75H123N3O6. The highest BCUT2D eigenvalue weighted by molar-refractivity contribution is 5.54. The summed E-state index contributed by atoms with van der Waals surface area (Å²) in [5.74, 6) is 0.817. The first-order chi connectivity index (χ1) is 39.2. The monoisotopic (exact) mass is 1160 g/mol. The van der Waals surface area contributed by atoms with Gasteiger partial charge in [0.25, 0.3) is 0 Å². The molecule has 4 aromatic rings. The van der Waals surface area contributed by atoms with Crippen LogP contribution in [0, 0.1) is 0 Å². The van der Waals surface area contributed by atoms with E-state index in [9.17, 15) is 15.3 Å². The number of hydrogen-bond acceptors (Lipinski definition) is 6. The smallest absolute Gasteiger partial charge is 0.337 e. The van der Waals surface area contributed by atoms with Gasteiger partial charge in [0, 0.05) is 33.4 Å². The van der Waals surface area contributed by atoms with Gasteiger partial charge in [-0.05, 0) is 145 Å². The summed E-state index contributed by atoms with van der Waals surface area (Å²) >= 11 is 0. The predicted octanol–water partition coefficient (Wildman–Crippen LogP) is 20.3. The number of rotatable bonds is 36. The first-order valence-corrected chi connectivity index (χ1v) is 33.8. The number of aromatic hydroxyl groups is 3. The molecule has 3 aromatic carbocycles. The summed E-state index contributed by atoms with van der Waals surface area (Å²) in [6.07, 6.45) is 23.8. The average molecular weight is 1160 g/mol. The third-order valence-electron chi connectivity index (χ3n) is 20.0. The van der Waals surface area contributed by atoms with Crippen molar-refractivity contribution < 1.29 is 15.3 Å². The van der Waals surface area contributed by atoms with E-state index in [-0.39, 0.29) is 17.2 Å². The van der Waals surface area contributed by atoms with Crippen molar-refractivity contribution in [3.8, 4) is 17.2 Å². The van der Waals surface area contributed by atoms with Crippen molar-refractivity contribution in [2.45, 2.75) is 350 Å². The van der Waals surface area contributed by atoms with Crippen molar-refractivity contribution in [3.05, 3.63) is 118 Å². The molecule has 474 valence electrons. The maximum atomic E-state index is 16.2. The Morgan fingerprint density at radius 2 is 0.440 bits per heavy atom. The molecule has 1 aromatic heterocycles. The van der Waals surface area contributed by atoms with Crippen LogP contribution < -0.4 is 17.1 Å². The van der Waals surface area contributed by atoms with Gasteiger partial charge in [0.1, 0.15) is 17.2 Å². The Morgan fingerprint density at radius 1 is 0.298 bits per heavy atom. The molecule has 0 aliphatic heterocycles. The van der Waals surface area contributed by atoms with Crippen molar-refractivity contribution >= 4 is 0 Å². The van der Waals surface area contributed by atoms with Gasteiger partial charge in [-0.15, -0.1) is 0 Å². The fourth-order valence-electron chi connectivity index (χ4n) is 13.5. The molecule has 4 rings (SSSR count). The topological polar surface area (TPSA) is 127 Å². The van der Waals surface area contributed by atoms with Crippen molar-refractivity contribution in [2.24, 2.45) is 0 Å². The molecular weight excluding hydrogens is 1040 g/mol. The molecule has 0 radical (unpaired) electrons. The minimum absolute atomic E-state index is 0.272. The van der Waals surface area contributed by atoms with Gasteiger partial charge in [0.05, 0.1) is 18.1 Å². The molecule has 84 heavy (non-hydrogen) atoms. The maximum Gasteiger partial charge on any atom is 0.337 e. The molecule has 3 N–H and O–H groups in total. The van der Waals surface area contributed by atoms with E-state index < -0.39 is 67.7 Å². The van der Waals surface area contributed by atoms with Crippen LogP contribution in [-0.2, 0) is 32.5 Å². The number of hydrogen-bond donors (Lipinski definition) is 3. The standard InChI is InChI=1S/C75H123N3O6/c1-22-28-34-40-70(10,11)58-46-55(47-59(64(58)79)71(12,13)41-35-29-23-2)52(7)76-67(82)77(53(8)56-48-60(72(14,15)42-36-30-24-3)65(80)61(49-56)73(16,17)43-37-31-25-4)69(84)78(68(76)83)54(9)57-50-62(74(18,19)44-38-32-26-5)66(81)63(51-57)75(20,21)45-39-33-27-6/h46-54,79-81H,22-45H2,1-21H3. The van der Waals surface area contributed by atoms with Crippen LogP contribution in [0.2, 0.25) is 0 Å². The number of unbranched alkanes of at least 4 members (excludes halogenated alkanes) is 12. The predicted molar refractivity (Wildman–Crippen MR) is 358 cm³/mol. The molecule has 0 aliphatic carbocycles. The maximum absolute atomic E-state index is 16.2. The van der Waals surface area contributed by atoms with Crippen molar-refractivity contribution in [1.29, 1.82) is 0 Å². The van der Waals surface area contributed by atoms with Crippen molar-refractivity contribution in [2.75, 3.05) is 0 Å². The largest absolute Gasteiger partial charge is 0.507 e. The second kappa shape index (κ2) is 30.4. The summed E-state index contributed by atoms with van der Waals surface area (Å²) in [5, 5.41) is 37.7. The molecule has 0 amide bonds. The number of benzene rings is 3. The van der Waals surface area contributed by atoms with E-state index in [1.165, 1.54) is 13.7 Å². The molecule has 1 heterocycles. The Kier molecular flexibility index (Phi) is 26.0. The van der Waals surface area contributed by atoms with Gasteiger partial charge in [-0.2, -0.15) is 0 Å². The number of aromatic nitrogens is 3. The van der Waals surface area contributed by atoms with E-state index in [4.69, 9.17) is 0 Å². The Hall–Kier alpha value is -4.53. The number of phenolic OH excluding ortho intramolecular Hbond substituents is 3. The van der Waals surface area contributed by atoms with Gasteiger partial charge < -0.3 is 15.3 Å². The van der Waals surface area contributed by atoms with Crippen LogP contribution in [0.25, 0.3) is 0 Å². The third kappa shape index (κ3) is 17.0. The summed E-state index contributed by atoms with van der Waals surface area (Å²) in [6.45, 7) is 45.2. The van der Waals surface area contributed by atoms with Gasteiger partial charge in [0.2, 0.25) is 0 Å². The zero-order valence-electron chi connectivity index (χ0n) is 57.6. The van der Waals surface area contributed by atoms with Gasteiger partial charge in [-0.3, -0.25) is 0 Å². The number of phenols is 3. The molecule has 0 saturated heterocycles. The zero-order chi connectivity index (χ0) is 63.3. The van der Waals surface area contributed by atoms with Crippen LogP contribution in [0.4, 0.5) is 0 Å². The Morgan fingerprint density at radius 3 is 0.571 bits per heavy atom. The summed E-state index contributed by atoms with van der Waals surface area (Å²) < 4.78 is 3.92. The van der Waals surface area contributed by atoms with E-state index in [1.54, 1.807) is 0 Å². The summed E-state index contributed by atoms with van der Waals surface area (Å²) in [4.78, 5) is 48.5. The summed E-state index contributed by atoms with van der Waals surface area (Å²) in [7, 11) is 0. The first kappa shape index (κ1) is 71.9. The van der Waals surface area contributed by atoms with E-state index in [2.05, 4.69) is 125 Å². The minimum Gasteiger partial charge on any atom is -0.507 e. The lowest BCUT2D eigenvalue weighted by Crippen LogP contribution is -2.57. The second-order valence-electron chi connectivity index (χ2n) is 29.9. The highest BCUT2D eigenvalue weighted by Crippen LogP contribution is 2.48. The van der Waals surface area contributed by atoms with Crippen molar-refractivity contribution in [1.82, 2.24) is 13.7 Å². The first-order valence-electron chi connectivity index (χ1n) is 33.8. The Bertz CT molecular complexity index is 2470. The number of nitrogens with zero attached hydrogens (tertiary/aromatic N) is 3. The van der Waals surface area contributed by atoms with E-state index >= 15 is 14.4 Å². The molecule has 0 spiro atoms. The Labute approximate surface area is 511 Å². The normalized spacial score (nSPS) is 14.1. The summed E-state index contributed by atoms with van der Waals surface area (Å²) in [5.41, 5.74) is 2.14. The van der Waals surface area contributed by atoms with Gasteiger partial charge >= 0.3 is 17.1 Å². The lowest BCUT2D eigenvalue weighted by atomic mass is 9.72. The molecule has 0 saturated carbocycles. The SMILES string of the molecule is CCCCCC(C)(C)c1cc(C(C)n2c(=O)n(C(C)c3cc(C(C)(C)CCCCC)c(O)c(C(C)(C)CCCCC)c3)c(=O)n(C(C)c3cc(C(C)(C)CCCCC)c(O)c(C(C)(C)CCCCC)c3)c2=O)cc(C(C)(C)CCCCC)c1O. The fraction of sp³-hybridized carbons (Fsp3) is 0.720. The van der Waals surface area contributed by atoms with Crippen LogP contribution >= 0.6 is 0 Å². The average Bonchev–Trinajstić information content (AvgIpc) is 1.02. The lowest BCUT2D eigenvalue weighted by Gasteiger charge is -2.34. The van der Waals surface area contributed by atoms with Gasteiger partial charge in [0.15, 0.2) is 0 Å². The Balaban J connectivity index is 2.31. The van der Waals surface area contributed by atoms with Gasteiger partial charge in [-0.1, -0.05) is 240 Å². The van der Waals surface area contributed by atoms with Gasteiger partial charge in [-0.25, -0.2) is 28.1 Å². The molecule has 0 fully saturated rings. The van der Waals surface area contributed by atoms with Crippen LogP contribution in [0.15, 0.2) is 50.8 Å². The molecule has 0 bridgehead atoms. The van der Waals surface area contributed by atoms with E-state index in [0.717, 1.165) is 204 Å². The molecule has 3 unspecified atom stereocenters. The lowest BCUT2D eigenvalue weighted by molar-refractivity contribution is 0.373. The third-order valence-corrected chi connectivity index (χ3v) is 20.0. The molecule has 0 aliphatic rings. The molecule has 9 heteroatoms. The second-order valence-corrected chi connectivity index (χ2v) is 29.9. The van der Waals surface area contributed by atoms with Crippen LogP contribution in [0.3, 0.4) is 0 Å². The zero-order valence-corrected chi connectivity index (χ0v) is 57.6. The van der Waals surface area contributed by atoms with Crippen LogP contribution in [0.1, 0.15) is 368 Å². The van der Waals surface area contributed by atoms with Crippen LogP contribution in [0.5, 0.6) is 17.2 Å². The van der Waals surface area contributed by atoms with E-state index in [1.807, 2.05) is 57.2 Å².